The summed E-state index contributed by atoms with van der Waals surface area (Å²) in [5.41, 5.74) is 2.26. The van der Waals surface area contributed by atoms with E-state index in [1.807, 2.05) is 12.1 Å². The molecule has 0 aliphatic carbocycles. The lowest BCUT2D eigenvalue weighted by atomic mass is 10.1. The molecular formula is C16H26N2O. The van der Waals surface area contributed by atoms with Crippen LogP contribution in [-0.4, -0.2) is 53.7 Å². The Morgan fingerprint density at radius 3 is 2.16 bits per heavy atom. The highest BCUT2D eigenvalue weighted by Crippen LogP contribution is 2.16. The number of benzene rings is 1. The van der Waals surface area contributed by atoms with Crippen molar-refractivity contribution in [3.63, 3.8) is 0 Å². The van der Waals surface area contributed by atoms with Crippen molar-refractivity contribution < 1.29 is 5.11 Å². The predicted octanol–water partition coefficient (Wildman–Crippen LogP) is 2.05. The maximum absolute atomic E-state index is 10.3. The number of nitrogens with zero attached hydrogens (tertiary/aromatic N) is 2. The van der Waals surface area contributed by atoms with Crippen LogP contribution >= 0.6 is 0 Å². The van der Waals surface area contributed by atoms with Gasteiger partial charge in [0.1, 0.15) is 0 Å². The Morgan fingerprint density at radius 1 is 1.05 bits per heavy atom. The number of aryl methyl sites for hydroxylation is 1. The van der Waals surface area contributed by atoms with Crippen molar-refractivity contribution in [3.05, 3.63) is 35.4 Å². The van der Waals surface area contributed by atoms with Crippen LogP contribution in [-0.2, 0) is 0 Å². The van der Waals surface area contributed by atoms with Gasteiger partial charge in [-0.05, 0) is 26.3 Å². The number of hydrogen-bond acceptors (Lipinski definition) is 3. The van der Waals surface area contributed by atoms with E-state index in [0.717, 1.165) is 38.3 Å². The molecule has 106 valence electrons. The molecule has 0 amide bonds. The first-order valence-corrected chi connectivity index (χ1v) is 7.27. The maximum atomic E-state index is 10.3. The van der Waals surface area contributed by atoms with Crippen molar-refractivity contribution >= 4 is 0 Å². The summed E-state index contributed by atoms with van der Waals surface area (Å²) in [5, 5.41) is 10.3. The van der Waals surface area contributed by atoms with Crippen molar-refractivity contribution in [3.8, 4) is 0 Å². The van der Waals surface area contributed by atoms with Gasteiger partial charge >= 0.3 is 0 Å². The minimum atomic E-state index is -0.369. The van der Waals surface area contributed by atoms with E-state index in [1.54, 1.807) is 0 Å². The van der Waals surface area contributed by atoms with Crippen molar-refractivity contribution in [2.45, 2.75) is 32.9 Å². The first-order chi connectivity index (χ1) is 9.06. The van der Waals surface area contributed by atoms with E-state index in [2.05, 4.69) is 42.7 Å². The molecule has 1 saturated heterocycles. The van der Waals surface area contributed by atoms with E-state index in [0.29, 0.717) is 6.04 Å². The predicted molar refractivity (Wildman–Crippen MR) is 79.3 cm³/mol. The Labute approximate surface area is 116 Å². The lowest BCUT2D eigenvalue weighted by Crippen LogP contribution is -2.49. The van der Waals surface area contributed by atoms with Gasteiger partial charge in [0.25, 0.3) is 0 Å². The molecule has 3 heteroatoms. The Kier molecular flexibility index (Phi) is 4.97. The van der Waals surface area contributed by atoms with Crippen molar-refractivity contribution in [1.82, 2.24) is 9.80 Å². The van der Waals surface area contributed by atoms with E-state index in [9.17, 15) is 5.11 Å². The molecular weight excluding hydrogens is 236 g/mol. The largest absolute Gasteiger partial charge is 0.387 e. The third-order valence-electron chi connectivity index (χ3n) is 4.03. The van der Waals surface area contributed by atoms with Crippen LogP contribution in [0.5, 0.6) is 0 Å². The molecule has 1 unspecified atom stereocenters. The molecule has 1 fully saturated rings. The zero-order chi connectivity index (χ0) is 13.8. The van der Waals surface area contributed by atoms with Crippen molar-refractivity contribution in [2.24, 2.45) is 0 Å². The Hall–Kier alpha value is -0.900. The van der Waals surface area contributed by atoms with Crippen LogP contribution in [0.2, 0.25) is 0 Å². The summed E-state index contributed by atoms with van der Waals surface area (Å²) in [5.74, 6) is 0. The van der Waals surface area contributed by atoms with Crippen LogP contribution < -0.4 is 0 Å². The fourth-order valence-electron chi connectivity index (χ4n) is 2.60. The van der Waals surface area contributed by atoms with E-state index in [-0.39, 0.29) is 6.10 Å². The highest BCUT2D eigenvalue weighted by molar-refractivity contribution is 5.23. The maximum Gasteiger partial charge on any atom is 0.0916 e. The third kappa shape index (κ3) is 4.03. The van der Waals surface area contributed by atoms with E-state index in [1.165, 1.54) is 5.56 Å². The molecule has 0 aromatic heterocycles. The summed E-state index contributed by atoms with van der Waals surface area (Å²) in [6.07, 6.45) is -0.369. The van der Waals surface area contributed by atoms with Gasteiger partial charge in [0.2, 0.25) is 0 Å². The van der Waals surface area contributed by atoms with Gasteiger partial charge in [-0.15, -0.1) is 0 Å². The molecule has 1 heterocycles. The van der Waals surface area contributed by atoms with Gasteiger partial charge < -0.3 is 5.11 Å². The molecule has 1 aromatic carbocycles. The second-order valence-electron chi connectivity index (χ2n) is 5.86. The van der Waals surface area contributed by atoms with E-state index in [4.69, 9.17) is 0 Å². The summed E-state index contributed by atoms with van der Waals surface area (Å²) in [6.45, 7) is 11.6. The van der Waals surface area contributed by atoms with Gasteiger partial charge in [-0.2, -0.15) is 0 Å². The van der Waals surface area contributed by atoms with Gasteiger partial charge in [-0.25, -0.2) is 0 Å². The molecule has 0 saturated carbocycles. The number of β-amino-alcohol motifs (C(OH)–C–C–N with tert-alkyl or cyclic N) is 1. The fraction of sp³-hybridized carbons (Fsp3) is 0.625. The number of aliphatic hydroxyl groups excluding tert-OH is 1. The zero-order valence-corrected chi connectivity index (χ0v) is 12.3. The number of aliphatic hydroxyl groups is 1. The zero-order valence-electron chi connectivity index (χ0n) is 12.3. The van der Waals surface area contributed by atoms with E-state index >= 15 is 0 Å². The summed E-state index contributed by atoms with van der Waals surface area (Å²) in [7, 11) is 0. The highest BCUT2D eigenvalue weighted by atomic mass is 16.3. The minimum absolute atomic E-state index is 0.369. The normalized spacial score (nSPS) is 19.8. The summed E-state index contributed by atoms with van der Waals surface area (Å²) in [6, 6.07) is 8.82. The SMILES string of the molecule is Cc1ccc(C(O)CN2CCN(C(C)C)CC2)cc1. The van der Waals surface area contributed by atoms with Crippen LogP contribution in [0, 0.1) is 6.92 Å². The Balaban J connectivity index is 1.83. The summed E-state index contributed by atoms with van der Waals surface area (Å²) >= 11 is 0. The molecule has 1 aliphatic heterocycles. The second-order valence-corrected chi connectivity index (χ2v) is 5.86. The lowest BCUT2D eigenvalue weighted by Gasteiger charge is -2.37. The average Bonchev–Trinajstić information content (AvgIpc) is 2.40. The molecule has 1 aliphatic rings. The van der Waals surface area contributed by atoms with Gasteiger partial charge in [-0.3, -0.25) is 9.80 Å². The van der Waals surface area contributed by atoms with Gasteiger partial charge in [0, 0.05) is 38.8 Å². The highest BCUT2D eigenvalue weighted by Gasteiger charge is 2.21. The topological polar surface area (TPSA) is 26.7 Å². The molecule has 1 atom stereocenters. The minimum Gasteiger partial charge on any atom is -0.387 e. The second kappa shape index (κ2) is 6.51. The van der Waals surface area contributed by atoms with Gasteiger partial charge in [0.05, 0.1) is 6.10 Å². The molecule has 0 spiro atoms. The monoisotopic (exact) mass is 262 g/mol. The first kappa shape index (κ1) is 14.5. The molecule has 1 N–H and O–H groups in total. The standard InChI is InChI=1S/C16H26N2O/c1-13(2)18-10-8-17(9-11-18)12-16(19)15-6-4-14(3)5-7-15/h4-7,13,16,19H,8-12H2,1-3H3. The van der Waals surface area contributed by atoms with Crippen LogP contribution in [0.4, 0.5) is 0 Å². The van der Waals surface area contributed by atoms with Crippen LogP contribution in [0.25, 0.3) is 0 Å². The fourth-order valence-corrected chi connectivity index (χ4v) is 2.60. The summed E-state index contributed by atoms with van der Waals surface area (Å²) in [4.78, 5) is 4.86. The van der Waals surface area contributed by atoms with Gasteiger partial charge in [0.15, 0.2) is 0 Å². The Morgan fingerprint density at radius 2 is 1.63 bits per heavy atom. The van der Waals surface area contributed by atoms with Crippen LogP contribution in [0.3, 0.4) is 0 Å². The smallest absolute Gasteiger partial charge is 0.0916 e. The first-order valence-electron chi connectivity index (χ1n) is 7.27. The Bertz CT molecular complexity index is 380. The molecule has 1 aromatic rings. The summed E-state index contributed by atoms with van der Waals surface area (Å²) < 4.78 is 0. The van der Waals surface area contributed by atoms with Crippen LogP contribution in [0.1, 0.15) is 31.1 Å². The molecule has 19 heavy (non-hydrogen) atoms. The molecule has 0 radical (unpaired) electrons. The third-order valence-corrected chi connectivity index (χ3v) is 4.03. The van der Waals surface area contributed by atoms with Crippen molar-refractivity contribution in [2.75, 3.05) is 32.7 Å². The number of hydrogen-bond donors (Lipinski definition) is 1. The quantitative estimate of drug-likeness (QED) is 0.899. The number of piperazine rings is 1. The van der Waals surface area contributed by atoms with Crippen molar-refractivity contribution in [1.29, 1.82) is 0 Å². The molecule has 3 nitrogen and oxygen atoms in total. The molecule has 0 bridgehead atoms. The van der Waals surface area contributed by atoms with Gasteiger partial charge in [-0.1, -0.05) is 29.8 Å². The number of rotatable bonds is 4. The average molecular weight is 262 g/mol. The molecule has 2 rings (SSSR count). The van der Waals surface area contributed by atoms with Crippen LogP contribution in [0.15, 0.2) is 24.3 Å². The lowest BCUT2D eigenvalue weighted by molar-refractivity contribution is 0.0621. The van der Waals surface area contributed by atoms with E-state index < -0.39 is 0 Å².